The van der Waals surface area contributed by atoms with Crippen LogP contribution < -0.4 is 10.5 Å². The highest BCUT2D eigenvalue weighted by Crippen LogP contribution is 2.29. The third-order valence-electron chi connectivity index (χ3n) is 5.07. The lowest BCUT2D eigenvalue weighted by atomic mass is 10.2. The number of fused-ring (bicyclic) bond motifs is 3. The number of nitrogens with two attached hydrogens (primary N) is 1. The molecule has 0 aliphatic carbocycles. The largest absolute Gasteiger partial charge is 0.382 e. The number of benzene rings is 1. The molecule has 3 N–H and O–H groups in total. The molecule has 164 valence electrons. The Hall–Kier alpha value is -2.23. The molecular formula is C21H31N5O3S. The third kappa shape index (κ3) is 4.91. The summed E-state index contributed by atoms with van der Waals surface area (Å²) in [6.45, 7) is 7.08. The number of rotatable bonds is 11. The monoisotopic (exact) mass is 433 g/mol. The summed E-state index contributed by atoms with van der Waals surface area (Å²) in [7, 11) is -3.27. The highest BCUT2D eigenvalue weighted by Gasteiger charge is 2.17. The van der Waals surface area contributed by atoms with E-state index in [-0.39, 0.29) is 6.54 Å². The molecule has 3 rings (SSSR count). The number of aryl methyl sites for hydroxylation is 1. The van der Waals surface area contributed by atoms with Crippen molar-refractivity contribution >= 4 is 37.8 Å². The predicted octanol–water partition coefficient (Wildman–Crippen LogP) is 2.85. The van der Waals surface area contributed by atoms with Crippen molar-refractivity contribution in [1.29, 1.82) is 0 Å². The van der Waals surface area contributed by atoms with Crippen molar-refractivity contribution in [3.63, 3.8) is 0 Å². The average molecular weight is 434 g/mol. The Bertz CT molecular complexity index is 1110. The molecule has 0 amide bonds. The molecule has 9 heteroatoms. The van der Waals surface area contributed by atoms with Crippen molar-refractivity contribution < 1.29 is 13.2 Å². The molecule has 0 aliphatic rings. The zero-order chi connectivity index (χ0) is 21.7. The number of nitrogens with one attached hydrogen (secondary N) is 1. The van der Waals surface area contributed by atoms with Gasteiger partial charge in [-0.1, -0.05) is 31.5 Å². The topological polar surface area (TPSA) is 112 Å². The lowest BCUT2D eigenvalue weighted by molar-refractivity contribution is 0.131. The fourth-order valence-electron chi connectivity index (χ4n) is 3.35. The van der Waals surface area contributed by atoms with Crippen molar-refractivity contribution in [2.24, 2.45) is 0 Å². The van der Waals surface area contributed by atoms with Gasteiger partial charge in [-0.3, -0.25) is 0 Å². The second kappa shape index (κ2) is 9.72. The summed E-state index contributed by atoms with van der Waals surface area (Å²) in [4.78, 5) is 9.30. The maximum Gasteiger partial charge on any atom is 0.214 e. The third-order valence-corrected chi connectivity index (χ3v) is 6.92. The van der Waals surface area contributed by atoms with Crippen LogP contribution in [0.25, 0.3) is 21.9 Å². The molecular weight excluding hydrogens is 402 g/mol. The SMILES string of the molecule is CCCCc1nc2c(N)nc3ccccc3c2n1CCOCCNS(=O)(=O)C(C)C. The highest BCUT2D eigenvalue weighted by molar-refractivity contribution is 7.90. The van der Waals surface area contributed by atoms with Crippen LogP contribution in [0.1, 0.15) is 39.4 Å². The van der Waals surface area contributed by atoms with Crippen molar-refractivity contribution in [2.45, 2.75) is 51.8 Å². The standard InChI is InChI=1S/C21H31N5O3S/c1-4-5-10-18-25-19-20(16-8-6-7-9-17(16)24-21(19)22)26(18)12-14-29-13-11-23-30(27,28)15(2)3/h6-9,15,23H,4-5,10-14H2,1-3H3,(H2,22,24). The fourth-order valence-corrected chi connectivity index (χ4v) is 4.05. The van der Waals surface area contributed by atoms with Gasteiger partial charge in [-0.25, -0.2) is 23.1 Å². The van der Waals surface area contributed by atoms with E-state index in [0.29, 0.717) is 25.6 Å². The van der Waals surface area contributed by atoms with Crippen molar-refractivity contribution in [1.82, 2.24) is 19.3 Å². The van der Waals surface area contributed by atoms with Crippen LogP contribution in [-0.2, 0) is 27.7 Å². The lowest BCUT2D eigenvalue weighted by Gasteiger charge is -2.12. The number of nitrogens with zero attached hydrogens (tertiary/aromatic N) is 3. The van der Waals surface area contributed by atoms with Crippen LogP contribution in [0.4, 0.5) is 5.82 Å². The summed E-state index contributed by atoms with van der Waals surface area (Å²) in [5, 5.41) is 0.560. The Morgan fingerprint density at radius 1 is 1.20 bits per heavy atom. The normalized spacial score (nSPS) is 12.4. The molecule has 2 aromatic heterocycles. The van der Waals surface area contributed by atoms with Gasteiger partial charge in [-0.05, 0) is 26.3 Å². The first-order valence-electron chi connectivity index (χ1n) is 10.4. The number of anilines is 1. The number of ether oxygens (including phenoxy) is 1. The van der Waals surface area contributed by atoms with Gasteiger partial charge in [-0.2, -0.15) is 0 Å². The van der Waals surface area contributed by atoms with Gasteiger partial charge in [0.25, 0.3) is 0 Å². The zero-order valence-electron chi connectivity index (χ0n) is 17.9. The van der Waals surface area contributed by atoms with E-state index in [9.17, 15) is 8.42 Å². The van der Waals surface area contributed by atoms with E-state index in [4.69, 9.17) is 15.5 Å². The number of unbranched alkanes of at least 4 members (excludes halogenated alkanes) is 1. The molecule has 0 saturated heterocycles. The summed E-state index contributed by atoms with van der Waals surface area (Å²) in [5.74, 6) is 1.41. The van der Waals surface area contributed by atoms with Crippen LogP contribution in [0.2, 0.25) is 0 Å². The first kappa shape index (κ1) is 22.5. The minimum atomic E-state index is -3.27. The first-order valence-corrected chi connectivity index (χ1v) is 12.0. The molecule has 8 nitrogen and oxygen atoms in total. The number of hydrogen-bond acceptors (Lipinski definition) is 6. The van der Waals surface area contributed by atoms with Gasteiger partial charge in [0.05, 0.1) is 29.5 Å². The summed E-state index contributed by atoms with van der Waals surface area (Å²) in [6.07, 6.45) is 2.96. The van der Waals surface area contributed by atoms with E-state index in [1.165, 1.54) is 0 Å². The van der Waals surface area contributed by atoms with E-state index in [1.54, 1.807) is 13.8 Å². The van der Waals surface area contributed by atoms with Crippen LogP contribution in [0.3, 0.4) is 0 Å². The minimum Gasteiger partial charge on any atom is -0.382 e. The second-order valence-electron chi connectivity index (χ2n) is 7.60. The molecule has 0 atom stereocenters. The molecule has 0 unspecified atom stereocenters. The van der Waals surface area contributed by atoms with Gasteiger partial charge in [0.2, 0.25) is 10.0 Å². The van der Waals surface area contributed by atoms with Crippen molar-refractivity contribution in [3.8, 4) is 0 Å². The second-order valence-corrected chi connectivity index (χ2v) is 9.92. The van der Waals surface area contributed by atoms with Crippen LogP contribution in [0.15, 0.2) is 24.3 Å². The molecule has 0 saturated carbocycles. The Labute approximate surface area is 177 Å². The summed E-state index contributed by atoms with van der Waals surface area (Å²) in [6, 6.07) is 7.92. The number of aromatic nitrogens is 3. The van der Waals surface area contributed by atoms with Crippen LogP contribution in [-0.4, -0.2) is 48.0 Å². The molecule has 0 radical (unpaired) electrons. The number of pyridine rings is 1. The fraction of sp³-hybridized carbons (Fsp3) is 0.524. The van der Waals surface area contributed by atoms with E-state index < -0.39 is 15.3 Å². The smallest absolute Gasteiger partial charge is 0.214 e. The molecule has 0 spiro atoms. The average Bonchev–Trinajstić information content (AvgIpc) is 3.08. The highest BCUT2D eigenvalue weighted by atomic mass is 32.2. The van der Waals surface area contributed by atoms with Crippen LogP contribution in [0.5, 0.6) is 0 Å². The summed E-state index contributed by atoms with van der Waals surface area (Å²) in [5.41, 5.74) is 8.76. The summed E-state index contributed by atoms with van der Waals surface area (Å²) >= 11 is 0. The number of imidazole rings is 1. The quantitative estimate of drug-likeness (QED) is 0.450. The van der Waals surface area contributed by atoms with Gasteiger partial charge in [0.15, 0.2) is 5.82 Å². The Kier molecular flexibility index (Phi) is 7.27. The van der Waals surface area contributed by atoms with Crippen molar-refractivity contribution in [3.05, 3.63) is 30.1 Å². The van der Waals surface area contributed by atoms with Crippen molar-refractivity contribution in [2.75, 3.05) is 25.5 Å². The molecule has 0 aliphatic heterocycles. The molecule has 2 heterocycles. The number of hydrogen-bond donors (Lipinski definition) is 2. The predicted molar refractivity (Wildman–Crippen MR) is 121 cm³/mol. The van der Waals surface area contributed by atoms with E-state index >= 15 is 0 Å². The number of para-hydroxylation sites is 1. The molecule has 0 fully saturated rings. The first-order chi connectivity index (χ1) is 14.3. The lowest BCUT2D eigenvalue weighted by Crippen LogP contribution is -2.33. The summed E-state index contributed by atoms with van der Waals surface area (Å²) < 4.78 is 34.0. The van der Waals surface area contributed by atoms with Gasteiger partial charge >= 0.3 is 0 Å². The minimum absolute atomic E-state index is 0.258. The molecule has 0 bridgehead atoms. The van der Waals surface area contributed by atoms with Crippen LogP contribution in [0, 0.1) is 0 Å². The Balaban J connectivity index is 1.78. The molecule has 3 aromatic rings. The van der Waals surface area contributed by atoms with Gasteiger partial charge in [-0.15, -0.1) is 0 Å². The molecule has 1 aromatic carbocycles. The van der Waals surface area contributed by atoms with E-state index in [2.05, 4.69) is 21.2 Å². The maximum absolute atomic E-state index is 11.8. The number of nitrogen functional groups attached to an aromatic ring is 1. The van der Waals surface area contributed by atoms with Gasteiger partial charge < -0.3 is 15.0 Å². The van der Waals surface area contributed by atoms with Gasteiger partial charge in [0.1, 0.15) is 11.3 Å². The van der Waals surface area contributed by atoms with Gasteiger partial charge in [0, 0.05) is 24.9 Å². The Morgan fingerprint density at radius 2 is 1.97 bits per heavy atom. The number of sulfonamides is 1. The Morgan fingerprint density at radius 3 is 2.70 bits per heavy atom. The van der Waals surface area contributed by atoms with Crippen LogP contribution >= 0.6 is 0 Å². The molecule has 30 heavy (non-hydrogen) atoms. The van der Waals surface area contributed by atoms with E-state index in [0.717, 1.165) is 47.0 Å². The maximum atomic E-state index is 11.8. The zero-order valence-corrected chi connectivity index (χ0v) is 18.7. The van der Waals surface area contributed by atoms with E-state index in [1.807, 2.05) is 24.3 Å².